The van der Waals surface area contributed by atoms with Crippen LogP contribution in [0.3, 0.4) is 0 Å². The van der Waals surface area contributed by atoms with E-state index in [1.807, 2.05) is 24.3 Å². The average Bonchev–Trinajstić information content (AvgIpc) is 2.85. The Balaban J connectivity index is 1.72. The highest BCUT2D eigenvalue weighted by molar-refractivity contribution is 5.84. The van der Waals surface area contributed by atoms with Gasteiger partial charge in [0, 0.05) is 0 Å². The molecule has 34 heavy (non-hydrogen) atoms. The third-order valence-electron chi connectivity index (χ3n) is 6.31. The SMILES string of the molecule is CCCCCc1ccc(-c2ccccc2-c2ccc(OC(=O)C(C)(F)CCCCC)cc2)cc1. The molecule has 2 nitrogen and oxygen atoms in total. The number of benzene rings is 3. The van der Waals surface area contributed by atoms with Crippen molar-refractivity contribution >= 4 is 5.97 Å². The fourth-order valence-electron chi connectivity index (χ4n) is 4.14. The van der Waals surface area contributed by atoms with Gasteiger partial charge in [-0.25, -0.2) is 9.18 Å². The average molecular weight is 461 g/mol. The Morgan fingerprint density at radius 1 is 0.765 bits per heavy atom. The number of rotatable bonds is 12. The predicted molar refractivity (Wildman–Crippen MR) is 140 cm³/mol. The third-order valence-corrected chi connectivity index (χ3v) is 6.31. The molecule has 0 spiro atoms. The zero-order valence-corrected chi connectivity index (χ0v) is 20.8. The van der Waals surface area contributed by atoms with Gasteiger partial charge in [0.1, 0.15) is 5.75 Å². The number of hydrogen-bond acceptors (Lipinski definition) is 2. The van der Waals surface area contributed by atoms with Gasteiger partial charge in [-0.3, -0.25) is 0 Å². The lowest BCUT2D eigenvalue weighted by Gasteiger charge is -2.18. The zero-order chi connectivity index (χ0) is 24.4. The van der Waals surface area contributed by atoms with Gasteiger partial charge in [-0.1, -0.05) is 100 Å². The van der Waals surface area contributed by atoms with Crippen LogP contribution >= 0.6 is 0 Å². The number of alkyl halides is 1. The summed E-state index contributed by atoms with van der Waals surface area (Å²) in [7, 11) is 0. The highest BCUT2D eigenvalue weighted by atomic mass is 19.1. The summed E-state index contributed by atoms with van der Waals surface area (Å²) in [6.45, 7) is 5.59. The van der Waals surface area contributed by atoms with E-state index in [-0.39, 0.29) is 6.42 Å². The largest absolute Gasteiger partial charge is 0.424 e. The van der Waals surface area contributed by atoms with Gasteiger partial charge < -0.3 is 4.74 Å². The second-order valence-corrected chi connectivity index (χ2v) is 9.27. The molecule has 1 unspecified atom stereocenters. The monoisotopic (exact) mass is 460 g/mol. The second-order valence-electron chi connectivity index (χ2n) is 9.27. The third kappa shape index (κ3) is 7.03. The van der Waals surface area contributed by atoms with Crippen molar-refractivity contribution in [1.82, 2.24) is 0 Å². The van der Waals surface area contributed by atoms with Crippen LogP contribution < -0.4 is 4.74 Å². The smallest absolute Gasteiger partial charge is 0.348 e. The number of unbranched alkanes of at least 4 members (excludes halogenated alkanes) is 4. The van der Waals surface area contributed by atoms with Crippen LogP contribution in [0.15, 0.2) is 72.8 Å². The van der Waals surface area contributed by atoms with E-state index in [4.69, 9.17) is 4.74 Å². The van der Waals surface area contributed by atoms with Gasteiger partial charge >= 0.3 is 5.97 Å². The van der Waals surface area contributed by atoms with Crippen molar-refractivity contribution in [2.75, 3.05) is 0 Å². The summed E-state index contributed by atoms with van der Waals surface area (Å²) in [5.41, 5.74) is 3.85. The summed E-state index contributed by atoms with van der Waals surface area (Å²) in [6, 6.07) is 24.4. The van der Waals surface area contributed by atoms with E-state index in [0.29, 0.717) is 12.2 Å². The molecule has 0 heterocycles. The van der Waals surface area contributed by atoms with Crippen LogP contribution in [0.4, 0.5) is 4.39 Å². The molecule has 0 aliphatic rings. The molecule has 0 amide bonds. The molecule has 0 fully saturated rings. The standard InChI is InChI=1S/C31H37FO2/c1-4-6-8-12-24-15-17-25(18-16-24)28-13-9-10-14-29(28)26-19-21-27(22-20-26)34-30(33)31(3,32)23-11-7-5-2/h9-10,13-22H,4-8,11-12,23H2,1-3H3. The highest BCUT2D eigenvalue weighted by Crippen LogP contribution is 2.33. The minimum atomic E-state index is -1.97. The van der Waals surface area contributed by atoms with Crippen LogP contribution in [0.25, 0.3) is 22.3 Å². The maximum Gasteiger partial charge on any atom is 0.348 e. The molecule has 3 aromatic rings. The molecule has 3 heteroatoms. The van der Waals surface area contributed by atoms with Crippen LogP contribution in [-0.4, -0.2) is 11.6 Å². The van der Waals surface area contributed by atoms with E-state index < -0.39 is 11.6 Å². The van der Waals surface area contributed by atoms with Gasteiger partial charge in [-0.15, -0.1) is 0 Å². The fraction of sp³-hybridized carbons (Fsp3) is 0.387. The highest BCUT2D eigenvalue weighted by Gasteiger charge is 2.34. The topological polar surface area (TPSA) is 26.3 Å². The van der Waals surface area contributed by atoms with Gasteiger partial charge in [0.25, 0.3) is 0 Å². The molecule has 0 aliphatic heterocycles. The summed E-state index contributed by atoms with van der Waals surface area (Å²) in [5, 5.41) is 0. The quantitative estimate of drug-likeness (QED) is 0.153. The van der Waals surface area contributed by atoms with E-state index in [1.165, 1.54) is 37.3 Å². The Labute approximate surface area is 204 Å². The van der Waals surface area contributed by atoms with Crippen LogP contribution in [0.1, 0.15) is 71.3 Å². The summed E-state index contributed by atoms with van der Waals surface area (Å²) in [6.07, 6.45) is 7.58. The Bertz CT molecular complexity index is 1040. The van der Waals surface area contributed by atoms with Crippen molar-refractivity contribution in [3.8, 4) is 28.0 Å². The predicted octanol–water partition coefficient (Wildman–Crippen LogP) is 8.97. The molecule has 0 radical (unpaired) electrons. The maximum absolute atomic E-state index is 14.7. The number of carbonyl (C=O) groups is 1. The van der Waals surface area contributed by atoms with Crippen molar-refractivity contribution in [2.45, 2.75) is 77.8 Å². The molecule has 3 aromatic carbocycles. The molecule has 0 saturated heterocycles. The van der Waals surface area contributed by atoms with Crippen LogP contribution in [0.2, 0.25) is 0 Å². The Morgan fingerprint density at radius 3 is 1.85 bits per heavy atom. The van der Waals surface area contributed by atoms with E-state index in [2.05, 4.69) is 50.2 Å². The van der Waals surface area contributed by atoms with Crippen molar-refractivity contribution in [1.29, 1.82) is 0 Å². The van der Waals surface area contributed by atoms with Gasteiger partial charge in [0.2, 0.25) is 5.67 Å². The fourth-order valence-corrected chi connectivity index (χ4v) is 4.14. The minimum Gasteiger partial charge on any atom is -0.424 e. The molecule has 180 valence electrons. The van der Waals surface area contributed by atoms with E-state index >= 15 is 0 Å². The van der Waals surface area contributed by atoms with Crippen molar-refractivity contribution in [3.63, 3.8) is 0 Å². The molecule has 0 N–H and O–H groups in total. The number of carbonyl (C=O) groups excluding carboxylic acids is 1. The first-order valence-electron chi connectivity index (χ1n) is 12.6. The molecule has 3 rings (SSSR count). The first-order chi connectivity index (χ1) is 16.4. The number of esters is 1. The van der Waals surface area contributed by atoms with Gasteiger partial charge in [-0.05, 0) is 72.6 Å². The maximum atomic E-state index is 14.7. The Morgan fingerprint density at radius 2 is 1.29 bits per heavy atom. The van der Waals surface area contributed by atoms with Crippen LogP contribution in [0, 0.1) is 0 Å². The Hall–Kier alpha value is -2.94. The lowest BCUT2D eigenvalue weighted by molar-refractivity contribution is -0.147. The van der Waals surface area contributed by atoms with Crippen molar-refractivity contribution < 1.29 is 13.9 Å². The second kappa shape index (κ2) is 12.5. The lowest BCUT2D eigenvalue weighted by Crippen LogP contribution is -2.34. The van der Waals surface area contributed by atoms with E-state index in [0.717, 1.165) is 36.0 Å². The van der Waals surface area contributed by atoms with Crippen molar-refractivity contribution in [2.24, 2.45) is 0 Å². The molecular formula is C31H37FO2. The molecule has 1 atom stereocenters. The first-order valence-corrected chi connectivity index (χ1v) is 12.6. The van der Waals surface area contributed by atoms with Crippen LogP contribution in [0.5, 0.6) is 5.75 Å². The number of hydrogen-bond donors (Lipinski definition) is 0. The number of halogens is 1. The van der Waals surface area contributed by atoms with Gasteiger partial charge in [0.15, 0.2) is 0 Å². The molecule has 0 bridgehead atoms. The summed E-state index contributed by atoms with van der Waals surface area (Å²) in [5.74, 6) is -0.460. The normalized spacial score (nSPS) is 12.8. The zero-order valence-electron chi connectivity index (χ0n) is 20.8. The first kappa shape index (κ1) is 25.7. The van der Waals surface area contributed by atoms with E-state index in [1.54, 1.807) is 12.1 Å². The van der Waals surface area contributed by atoms with E-state index in [9.17, 15) is 9.18 Å². The molecule has 0 aromatic heterocycles. The van der Waals surface area contributed by atoms with Crippen molar-refractivity contribution in [3.05, 3.63) is 78.4 Å². The minimum absolute atomic E-state index is 0.183. The lowest BCUT2D eigenvalue weighted by atomic mass is 9.93. The van der Waals surface area contributed by atoms with Gasteiger partial charge in [0.05, 0.1) is 0 Å². The summed E-state index contributed by atoms with van der Waals surface area (Å²) >= 11 is 0. The van der Waals surface area contributed by atoms with Gasteiger partial charge in [-0.2, -0.15) is 0 Å². The number of aryl methyl sites for hydroxylation is 1. The number of ether oxygens (including phenoxy) is 1. The Kier molecular flexibility index (Phi) is 9.44. The van der Waals surface area contributed by atoms with Crippen LogP contribution in [-0.2, 0) is 11.2 Å². The summed E-state index contributed by atoms with van der Waals surface area (Å²) < 4.78 is 20.1. The molecular weight excluding hydrogens is 423 g/mol. The molecule has 0 saturated carbocycles. The summed E-state index contributed by atoms with van der Waals surface area (Å²) in [4.78, 5) is 12.3. The molecule has 0 aliphatic carbocycles.